The van der Waals surface area contributed by atoms with Crippen LogP contribution < -0.4 is 20.1 Å². The maximum atomic E-state index is 13.6. The van der Waals surface area contributed by atoms with E-state index >= 15 is 0 Å². The molecule has 9 rings (SSSR count). The van der Waals surface area contributed by atoms with Crippen LogP contribution in [-0.4, -0.2) is 57.7 Å². The number of benzene rings is 2. The van der Waals surface area contributed by atoms with Crippen molar-refractivity contribution in [1.82, 2.24) is 25.4 Å². The van der Waals surface area contributed by atoms with Gasteiger partial charge in [-0.2, -0.15) is 5.10 Å². The molecule has 1 saturated carbocycles. The van der Waals surface area contributed by atoms with Crippen LogP contribution in [-0.2, 0) is 16.0 Å². The second-order valence-corrected chi connectivity index (χ2v) is 10.0. The maximum Gasteiger partial charge on any atom is 0.289 e. The zero-order chi connectivity index (χ0) is 27.5. The van der Waals surface area contributed by atoms with Crippen molar-refractivity contribution in [3.8, 4) is 17.3 Å². The Balaban J connectivity index is 1.36. The van der Waals surface area contributed by atoms with E-state index in [0.29, 0.717) is 24.8 Å². The molecule has 10 heteroatoms. The molecule has 1 aliphatic carbocycles. The third-order valence-electron chi connectivity index (χ3n) is 6.97. The van der Waals surface area contributed by atoms with Gasteiger partial charge in [-0.3, -0.25) is 14.4 Å². The highest BCUT2D eigenvalue weighted by Crippen LogP contribution is 2.25. The predicted molar refractivity (Wildman–Crippen MR) is 147 cm³/mol. The molecule has 1 fully saturated rings. The lowest BCUT2D eigenvalue weighted by Gasteiger charge is -2.19. The van der Waals surface area contributed by atoms with Crippen molar-refractivity contribution in [3.63, 3.8) is 0 Å². The lowest BCUT2D eigenvalue weighted by Crippen LogP contribution is -2.49. The summed E-state index contributed by atoms with van der Waals surface area (Å²) < 4.78 is 13.4. The largest absolute Gasteiger partial charge is 0.494 e. The number of ether oxygens (including phenoxy) is 2. The highest BCUT2D eigenvalue weighted by atomic mass is 16.5. The highest BCUT2D eigenvalue weighted by Gasteiger charge is 2.32. The number of aromatic nitrogens is 3. The Labute approximate surface area is 230 Å². The van der Waals surface area contributed by atoms with Gasteiger partial charge in [-0.15, -0.1) is 0 Å². The summed E-state index contributed by atoms with van der Waals surface area (Å²) in [7, 11) is 0. The average Bonchev–Trinajstić information content (AvgIpc) is 3.69. The molecule has 40 heavy (non-hydrogen) atoms. The van der Waals surface area contributed by atoms with Crippen LogP contribution in [0.25, 0.3) is 16.7 Å². The minimum atomic E-state index is -1.07. The van der Waals surface area contributed by atoms with E-state index in [4.69, 9.17) is 9.47 Å². The number of pyridine rings is 1. The zero-order valence-corrected chi connectivity index (χ0v) is 21.8. The van der Waals surface area contributed by atoms with Crippen molar-refractivity contribution in [1.29, 1.82) is 0 Å². The molecule has 10 nitrogen and oxygen atoms in total. The van der Waals surface area contributed by atoms with Crippen LogP contribution in [0.4, 0.5) is 0 Å². The van der Waals surface area contributed by atoms with Crippen LogP contribution in [0.15, 0.2) is 67.0 Å². The standard InChI is InChI=1S/C30H29N5O5/c36-27(30(38)33-21-7-8-21)25-16-19-5-9-22(10-6-19)39-14-1-2-15-40-23-11-12-26-20(17-23)18-32-35(26)28-24(29(37)34-25)4-3-13-31-28/h3-6,9-13,17-18,21,25H,1-2,7-8,14-16H2,(H,33,38)(H,34,37)/t25-/m0/s1. The molecule has 0 unspecified atom stereocenters. The lowest BCUT2D eigenvalue weighted by molar-refractivity contribution is -0.139. The molecule has 4 aliphatic heterocycles. The topological polar surface area (TPSA) is 124 Å². The SMILES string of the molecule is O=C(NC1CC1)C(=O)[C@@H]1Cc2ccc(cc2)OCCCCOc2ccc3c(cnn3-c3ncccc3C(=O)N1)c2. The first-order valence-corrected chi connectivity index (χ1v) is 13.5. The van der Waals surface area contributed by atoms with Gasteiger partial charge in [0.1, 0.15) is 17.5 Å². The Morgan fingerprint density at radius 3 is 2.50 bits per heavy atom. The fourth-order valence-corrected chi connectivity index (χ4v) is 4.64. The number of amides is 2. The Bertz CT molecular complexity index is 1560. The second-order valence-electron chi connectivity index (χ2n) is 10.0. The Hall–Kier alpha value is -4.73. The molecule has 204 valence electrons. The first-order valence-electron chi connectivity index (χ1n) is 13.5. The third-order valence-corrected chi connectivity index (χ3v) is 6.97. The highest BCUT2D eigenvalue weighted by molar-refractivity contribution is 6.38. The Morgan fingerprint density at radius 2 is 1.73 bits per heavy atom. The average molecular weight is 540 g/mol. The van der Waals surface area contributed by atoms with Crippen molar-refractivity contribution in [3.05, 3.63) is 78.1 Å². The first-order chi connectivity index (χ1) is 19.5. The molecule has 6 heterocycles. The molecule has 2 amide bonds. The third kappa shape index (κ3) is 5.66. The molecule has 0 radical (unpaired) electrons. The first kappa shape index (κ1) is 25.5. The van der Waals surface area contributed by atoms with Crippen molar-refractivity contribution in [2.75, 3.05) is 13.2 Å². The predicted octanol–water partition coefficient (Wildman–Crippen LogP) is 3.16. The van der Waals surface area contributed by atoms with Gasteiger partial charge in [-0.25, -0.2) is 9.67 Å². The monoisotopic (exact) mass is 539 g/mol. The number of carbonyl (C=O) groups excluding carboxylic acids is 3. The summed E-state index contributed by atoms with van der Waals surface area (Å²) >= 11 is 0. The molecular weight excluding hydrogens is 510 g/mol. The number of rotatable bonds is 3. The number of nitrogens with zero attached hydrogens (tertiary/aromatic N) is 3. The van der Waals surface area contributed by atoms with Crippen LogP contribution in [0, 0.1) is 0 Å². The van der Waals surface area contributed by atoms with Gasteiger partial charge >= 0.3 is 0 Å². The van der Waals surface area contributed by atoms with Crippen molar-refractivity contribution in [2.24, 2.45) is 0 Å². The van der Waals surface area contributed by atoms with Gasteiger partial charge in [0, 0.05) is 24.0 Å². The minimum absolute atomic E-state index is 0.0178. The van der Waals surface area contributed by atoms with Gasteiger partial charge in [0.25, 0.3) is 11.8 Å². The summed E-state index contributed by atoms with van der Waals surface area (Å²) in [5, 5.41) is 10.9. The van der Waals surface area contributed by atoms with E-state index in [1.165, 1.54) is 0 Å². The molecule has 5 aliphatic rings. The molecule has 0 spiro atoms. The fraction of sp³-hybridized carbons (Fsp3) is 0.300. The van der Waals surface area contributed by atoms with E-state index in [0.717, 1.165) is 47.9 Å². The van der Waals surface area contributed by atoms with E-state index in [1.807, 2.05) is 42.5 Å². The van der Waals surface area contributed by atoms with E-state index in [2.05, 4.69) is 20.7 Å². The van der Waals surface area contributed by atoms with Crippen molar-refractivity contribution < 1.29 is 23.9 Å². The molecule has 4 aromatic rings. The molecule has 2 aromatic carbocycles. The number of Topliss-reactive ketones (excluding diaryl/α,β-unsaturated/α-hetero) is 1. The molecule has 2 aromatic heterocycles. The number of ketones is 1. The molecule has 0 saturated heterocycles. The second kappa shape index (κ2) is 11.2. The normalized spacial score (nSPS) is 17.8. The summed E-state index contributed by atoms with van der Waals surface area (Å²) in [6.07, 6.45) is 6.76. The van der Waals surface area contributed by atoms with Crippen LogP contribution in [0.3, 0.4) is 0 Å². The van der Waals surface area contributed by atoms with Gasteiger partial charge in [-0.1, -0.05) is 12.1 Å². The van der Waals surface area contributed by atoms with Crippen LogP contribution in [0.5, 0.6) is 11.5 Å². The van der Waals surface area contributed by atoms with Gasteiger partial charge in [0.05, 0.1) is 30.5 Å². The quantitative estimate of drug-likeness (QED) is 0.383. The van der Waals surface area contributed by atoms with E-state index in [1.54, 1.807) is 29.2 Å². The summed E-state index contributed by atoms with van der Waals surface area (Å²) in [6, 6.07) is 15.2. The van der Waals surface area contributed by atoms with Gasteiger partial charge < -0.3 is 20.1 Å². The Morgan fingerprint density at radius 1 is 0.975 bits per heavy atom. The van der Waals surface area contributed by atoms with Crippen LogP contribution >= 0.6 is 0 Å². The lowest BCUT2D eigenvalue weighted by atomic mass is 10.0. The van der Waals surface area contributed by atoms with Crippen molar-refractivity contribution >= 4 is 28.5 Å². The van der Waals surface area contributed by atoms with Gasteiger partial charge in [0.2, 0.25) is 5.78 Å². The van der Waals surface area contributed by atoms with Crippen LogP contribution in [0.2, 0.25) is 0 Å². The minimum Gasteiger partial charge on any atom is -0.494 e. The van der Waals surface area contributed by atoms with Gasteiger partial charge in [-0.05, 0) is 73.7 Å². The zero-order valence-electron chi connectivity index (χ0n) is 21.8. The number of carbonyl (C=O) groups is 3. The van der Waals surface area contributed by atoms with E-state index in [-0.39, 0.29) is 18.0 Å². The fourth-order valence-electron chi connectivity index (χ4n) is 4.64. The Kier molecular flexibility index (Phi) is 7.13. The molecule has 1 atom stereocenters. The van der Waals surface area contributed by atoms with Crippen molar-refractivity contribution in [2.45, 2.75) is 44.2 Å². The van der Waals surface area contributed by atoms with E-state index < -0.39 is 23.6 Å². The van der Waals surface area contributed by atoms with Gasteiger partial charge in [0.15, 0.2) is 5.82 Å². The van der Waals surface area contributed by atoms with E-state index in [9.17, 15) is 14.4 Å². The number of hydrogen-bond donors (Lipinski definition) is 2. The smallest absolute Gasteiger partial charge is 0.289 e. The summed E-state index contributed by atoms with van der Waals surface area (Å²) in [4.78, 5) is 44.0. The molecule has 6 bridgehead atoms. The number of nitrogens with one attached hydrogen (secondary N) is 2. The molecule has 2 N–H and O–H groups in total. The van der Waals surface area contributed by atoms with Crippen LogP contribution in [0.1, 0.15) is 41.6 Å². The maximum absolute atomic E-state index is 13.6. The summed E-state index contributed by atoms with van der Waals surface area (Å²) in [5.74, 6) is -0.183. The molecular formula is C30H29N5O5. The summed E-state index contributed by atoms with van der Waals surface area (Å²) in [6.45, 7) is 1.09. The summed E-state index contributed by atoms with van der Waals surface area (Å²) in [5.41, 5.74) is 1.75. The number of hydrogen-bond acceptors (Lipinski definition) is 7.